The van der Waals surface area contributed by atoms with E-state index < -0.39 is 12.3 Å². The molecule has 0 amide bonds. The van der Waals surface area contributed by atoms with Gasteiger partial charge in [-0.2, -0.15) is 0 Å². The summed E-state index contributed by atoms with van der Waals surface area (Å²) in [7, 11) is 0. The van der Waals surface area contributed by atoms with E-state index in [4.69, 9.17) is 0 Å². The molecule has 2 heteroatoms. The Morgan fingerprint density at radius 3 is 2.00 bits per heavy atom. The van der Waals surface area contributed by atoms with Crippen LogP contribution in [0.5, 0.6) is 0 Å². The minimum absolute atomic E-state index is 0.491. The van der Waals surface area contributed by atoms with Gasteiger partial charge in [0.15, 0.2) is 0 Å². The molecule has 0 rings (SSSR count). The van der Waals surface area contributed by atoms with E-state index in [9.17, 15) is 8.78 Å². The average molecular weight is 135 g/mol. The number of alkyl halides is 2. The van der Waals surface area contributed by atoms with Gasteiger partial charge in [-0.1, -0.05) is 20.3 Å². The van der Waals surface area contributed by atoms with E-state index in [1.165, 1.54) is 0 Å². The first-order chi connectivity index (χ1) is 4.22. The van der Waals surface area contributed by atoms with E-state index in [2.05, 4.69) is 0 Å². The Balaban J connectivity index is 3.41. The van der Waals surface area contributed by atoms with Gasteiger partial charge in [0.1, 0.15) is 0 Å². The third-order valence-corrected chi connectivity index (χ3v) is 1.33. The summed E-state index contributed by atoms with van der Waals surface area (Å²) in [5, 5.41) is 0. The standard InChI is InChI=1S/C7H13F2/c1-3-5-6(4-2)7(8)9/h5-7H,3-4H2,1-2H3. The minimum atomic E-state index is -2.17. The molecule has 0 aliphatic carbocycles. The predicted octanol–water partition coefficient (Wildman–Crippen LogP) is 2.89. The van der Waals surface area contributed by atoms with Crippen LogP contribution in [-0.2, 0) is 0 Å². The smallest absolute Gasteiger partial charge is 0.210 e. The summed E-state index contributed by atoms with van der Waals surface area (Å²) < 4.78 is 23.7. The molecule has 0 aromatic heterocycles. The van der Waals surface area contributed by atoms with Gasteiger partial charge < -0.3 is 0 Å². The van der Waals surface area contributed by atoms with Crippen LogP contribution in [0.2, 0.25) is 0 Å². The molecule has 0 N–H and O–H groups in total. The second kappa shape index (κ2) is 4.71. The lowest BCUT2D eigenvalue weighted by Crippen LogP contribution is -2.09. The van der Waals surface area contributed by atoms with Gasteiger partial charge >= 0.3 is 0 Å². The van der Waals surface area contributed by atoms with Crippen molar-refractivity contribution in [1.29, 1.82) is 0 Å². The molecule has 9 heavy (non-hydrogen) atoms. The van der Waals surface area contributed by atoms with Crippen LogP contribution in [0.25, 0.3) is 0 Å². The Hall–Kier alpha value is -0.140. The maximum Gasteiger partial charge on any atom is 0.241 e. The van der Waals surface area contributed by atoms with Gasteiger partial charge in [0.2, 0.25) is 6.43 Å². The zero-order valence-electron chi connectivity index (χ0n) is 5.90. The molecule has 1 unspecified atom stereocenters. The van der Waals surface area contributed by atoms with Crippen molar-refractivity contribution in [2.24, 2.45) is 5.92 Å². The lowest BCUT2D eigenvalue weighted by atomic mass is 10.0. The van der Waals surface area contributed by atoms with Gasteiger partial charge in [-0.15, -0.1) is 0 Å². The fourth-order valence-corrected chi connectivity index (χ4v) is 0.750. The van der Waals surface area contributed by atoms with Crippen molar-refractivity contribution in [3.05, 3.63) is 6.42 Å². The molecule has 1 atom stereocenters. The normalized spacial score (nSPS) is 14.3. The van der Waals surface area contributed by atoms with Crippen LogP contribution < -0.4 is 0 Å². The molecule has 0 fully saturated rings. The van der Waals surface area contributed by atoms with Crippen LogP contribution in [0.4, 0.5) is 8.78 Å². The third kappa shape index (κ3) is 3.44. The topological polar surface area (TPSA) is 0 Å². The van der Waals surface area contributed by atoms with Crippen molar-refractivity contribution in [3.8, 4) is 0 Å². The van der Waals surface area contributed by atoms with Crippen LogP contribution in [0.3, 0.4) is 0 Å². The van der Waals surface area contributed by atoms with E-state index in [1.807, 2.05) is 6.92 Å². The van der Waals surface area contributed by atoms with E-state index in [-0.39, 0.29) is 0 Å². The molecule has 0 nitrogen and oxygen atoms in total. The predicted molar refractivity (Wildman–Crippen MR) is 34.4 cm³/mol. The number of rotatable bonds is 4. The number of halogens is 2. The van der Waals surface area contributed by atoms with Crippen molar-refractivity contribution in [3.63, 3.8) is 0 Å². The van der Waals surface area contributed by atoms with Gasteiger partial charge in [0, 0.05) is 5.92 Å². The summed E-state index contributed by atoms with van der Waals surface area (Å²) in [6.45, 7) is 3.66. The summed E-state index contributed by atoms with van der Waals surface area (Å²) in [6, 6.07) is 0. The molecule has 0 saturated heterocycles. The summed E-state index contributed by atoms with van der Waals surface area (Å²) in [5.74, 6) is -0.491. The first-order valence-electron chi connectivity index (χ1n) is 3.33. The van der Waals surface area contributed by atoms with Gasteiger partial charge in [-0.05, 0) is 12.8 Å². The second-order valence-electron chi connectivity index (χ2n) is 2.05. The lowest BCUT2D eigenvalue weighted by Gasteiger charge is -2.10. The summed E-state index contributed by atoms with van der Waals surface area (Å²) in [4.78, 5) is 0. The third-order valence-electron chi connectivity index (χ3n) is 1.33. The van der Waals surface area contributed by atoms with Crippen LogP contribution in [0.1, 0.15) is 26.7 Å². The quantitative estimate of drug-likeness (QED) is 0.556. The van der Waals surface area contributed by atoms with Crippen LogP contribution in [0.15, 0.2) is 0 Å². The molecule has 0 saturated carbocycles. The van der Waals surface area contributed by atoms with Crippen molar-refractivity contribution in [2.45, 2.75) is 33.1 Å². The van der Waals surface area contributed by atoms with E-state index in [0.717, 1.165) is 6.42 Å². The SMILES string of the molecule is CC[CH]C(CC)C(F)F. The van der Waals surface area contributed by atoms with Crippen molar-refractivity contribution >= 4 is 0 Å². The van der Waals surface area contributed by atoms with Crippen molar-refractivity contribution < 1.29 is 8.78 Å². The summed E-state index contributed by atoms with van der Waals surface area (Å²) in [6.07, 6.45) is 0.786. The summed E-state index contributed by atoms with van der Waals surface area (Å²) in [5.41, 5.74) is 0. The molecule has 0 aromatic carbocycles. The molecule has 0 heterocycles. The minimum Gasteiger partial charge on any atom is -0.210 e. The summed E-state index contributed by atoms with van der Waals surface area (Å²) >= 11 is 0. The molecule has 0 aliphatic heterocycles. The largest absolute Gasteiger partial charge is 0.241 e. The van der Waals surface area contributed by atoms with Crippen LogP contribution in [-0.4, -0.2) is 6.43 Å². The molecular formula is C7H13F2. The maximum absolute atomic E-state index is 11.9. The van der Waals surface area contributed by atoms with E-state index in [0.29, 0.717) is 6.42 Å². The molecule has 0 bridgehead atoms. The Morgan fingerprint density at radius 1 is 1.33 bits per heavy atom. The first-order valence-corrected chi connectivity index (χ1v) is 3.33. The van der Waals surface area contributed by atoms with Crippen LogP contribution in [0, 0.1) is 12.3 Å². The Bertz CT molecular complexity index is 61.9. The van der Waals surface area contributed by atoms with Gasteiger partial charge in [-0.25, -0.2) is 8.78 Å². The van der Waals surface area contributed by atoms with Crippen molar-refractivity contribution in [1.82, 2.24) is 0 Å². The molecule has 0 spiro atoms. The molecule has 0 aromatic rings. The van der Waals surface area contributed by atoms with Gasteiger partial charge in [-0.3, -0.25) is 0 Å². The fraction of sp³-hybridized carbons (Fsp3) is 0.857. The number of hydrogen-bond acceptors (Lipinski definition) is 0. The zero-order valence-corrected chi connectivity index (χ0v) is 5.90. The van der Waals surface area contributed by atoms with Crippen molar-refractivity contribution in [2.75, 3.05) is 0 Å². The molecule has 55 valence electrons. The second-order valence-corrected chi connectivity index (χ2v) is 2.05. The Labute approximate surface area is 55.3 Å². The highest BCUT2D eigenvalue weighted by Gasteiger charge is 2.16. The Kier molecular flexibility index (Phi) is 4.64. The lowest BCUT2D eigenvalue weighted by molar-refractivity contribution is 0.0895. The Morgan fingerprint density at radius 2 is 1.89 bits per heavy atom. The highest BCUT2D eigenvalue weighted by atomic mass is 19.3. The van der Waals surface area contributed by atoms with E-state index in [1.54, 1.807) is 13.3 Å². The first kappa shape index (κ1) is 8.86. The van der Waals surface area contributed by atoms with E-state index >= 15 is 0 Å². The average Bonchev–Trinajstić information content (AvgIpc) is 1.82. The molecular weight excluding hydrogens is 122 g/mol. The molecule has 0 aliphatic rings. The van der Waals surface area contributed by atoms with Gasteiger partial charge in [0.05, 0.1) is 0 Å². The fourth-order valence-electron chi connectivity index (χ4n) is 0.750. The monoisotopic (exact) mass is 135 g/mol. The number of hydrogen-bond donors (Lipinski definition) is 0. The maximum atomic E-state index is 11.9. The van der Waals surface area contributed by atoms with Gasteiger partial charge in [0.25, 0.3) is 0 Å². The highest BCUT2D eigenvalue weighted by molar-refractivity contribution is 4.74. The highest BCUT2D eigenvalue weighted by Crippen LogP contribution is 2.17. The molecule has 1 radical (unpaired) electrons. The van der Waals surface area contributed by atoms with Crippen LogP contribution >= 0.6 is 0 Å². The zero-order chi connectivity index (χ0) is 7.28.